The normalized spacial score (nSPS) is 9.89. The van der Waals surface area contributed by atoms with Gasteiger partial charge in [0.2, 0.25) is 0 Å². The third-order valence-corrected chi connectivity index (χ3v) is 2.68. The lowest BCUT2D eigenvalue weighted by atomic mass is 10.2. The molecule has 0 aliphatic carbocycles. The molecule has 2 aromatic rings. The highest BCUT2D eigenvalue weighted by molar-refractivity contribution is 5.47. The van der Waals surface area contributed by atoms with Crippen LogP contribution < -0.4 is 10.1 Å². The summed E-state index contributed by atoms with van der Waals surface area (Å²) >= 11 is 0. The fourth-order valence-corrected chi connectivity index (χ4v) is 1.72. The Morgan fingerprint density at radius 3 is 2.58 bits per heavy atom. The molecule has 3 nitrogen and oxygen atoms in total. The molecule has 0 saturated carbocycles. The molecule has 0 unspecified atom stereocenters. The molecule has 3 heteroatoms. The van der Waals surface area contributed by atoms with Gasteiger partial charge < -0.3 is 15.2 Å². The lowest BCUT2D eigenvalue weighted by molar-refractivity contribution is 0.359. The standard InChI is InChI=1S/C16H17NO2/c1-2-11-19-16-6-4-3-5-13(16)12-17-14-7-9-15(18)10-8-14/h2-10,17-18H,1,11-12H2. The number of nitrogens with one attached hydrogen (secondary N) is 1. The zero-order valence-electron chi connectivity index (χ0n) is 10.7. The van der Waals surface area contributed by atoms with E-state index in [2.05, 4.69) is 11.9 Å². The van der Waals surface area contributed by atoms with Crippen molar-refractivity contribution in [1.82, 2.24) is 0 Å². The summed E-state index contributed by atoms with van der Waals surface area (Å²) in [5.41, 5.74) is 2.04. The van der Waals surface area contributed by atoms with Crippen LogP contribution in [0.25, 0.3) is 0 Å². The Kier molecular flexibility index (Phi) is 4.45. The van der Waals surface area contributed by atoms with E-state index in [4.69, 9.17) is 4.74 Å². The maximum Gasteiger partial charge on any atom is 0.124 e. The Bertz CT molecular complexity index is 535. The van der Waals surface area contributed by atoms with Crippen molar-refractivity contribution in [1.29, 1.82) is 0 Å². The Balaban J connectivity index is 2.02. The average Bonchev–Trinajstić information content (AvgIpc) is 2.45. The Morgan fingerprint density at radius 1 is 1.11 bits per heavy atom. The summed E-state index contributed by atoms with van der Waals surface area (Å²) in [5, 5.41) is 12.5. The predicted molar refractivity (Wildman–Crippen MR) is 77.6 cm³/mol. The molecule has 98 valence electrons. The third kappa shape index (κ3) is 3.78. The molecule has 0 fully saturated rings. The van der Waals surface area contributed by atoms with E-state index in [9.17, 15) is 5.11 Å². The fraction of sp³-hybridized carbons (Fsp3) is 0.125. The highest BCUT2D eigenvalue weighted by Crippen LogP contribution is 2.20. The van der Waals surface area contributed by atoms with E-state index in [1.807, 2.05) is 36.4 Å². The largest absolute Gasteiger partial charge is 0.508 e. The molecule has 0 radical (unpaired) electrons. The van der Waals surface area contributed by atoms with Gasteiger partial charge in [-0.05, 0) is 30.3 Å². The first-order valence-electron chi connectivity index (χ1n) is 6.14. The number of phenolic OH excluding ortho intramolecular Hbond substituents is 1. The molecular weight excluding hydrogens is 238 g/mol. The molecule has 0 aliphatic rings. The van der Waals surface area contributed by atoms with Crippen molar-refractivity contribution in [3.63, 3.8) is 0 Å². The van der Waals surface area contributed by atoms with Crippen molar-refractivity contribution in [3.05, 3.63) is 66.7 Å². The molecule has 0 saturated heterocycles. The van der Waals surface area contributed by atoms with Gasteiger partial charge in [-0.15, -0.1) is 0 Å². The zero-order valence-corrected chi connectivity index (χ0v) is 10.7. The molecule has 2 N–H and O–H groups in total. The lowest BCUT2D eigenvalue weighted by Crippen LogP contribution is -2.03. The minimum atomic E-state index is 0.264. The molecule has 0 bridgehead atoms. The van der Waals surface area contributed by atoms with E-state index >= 15 is 0 Å². The summed E-state index contributed by atoms with van der Waals surface area (Å²) in [7, 11) is 0. The second kappa shape index (κ2) is 6.50. The first kappa shape index (κ1) is 13.0. The molecule has 0 heterocycles. The second-order valence-electron chi connectivity index (χ2n) is 4.11. The minimum Gasteiger partial charge on any atom is -0.508 e. The van der Waals surface area contributed by atoms with E-state index in [1.54, 1.807) is 18.2 Å². The van der Waals surface area contributed by atoms with Crippen LogP contribution >= 0.6 is 0 Å². The van der Waals surface area contributed by atoms with Gasteiger partial charge in [0.1, 0.15) is 18.1 Å². The monoisotopic (exact) mass is 255 g/mol. The van der Waals surface area contributed by atoms with Crippen LogP contribution in [0.3, 0.4) is 0 Å². The van der Waals surface area contributed by atoms with Crippen LogP contribution in [0.2, 0.25) is 0 Å². The molecule has 0 spiro atoms. The molecule has 0 aromatic heterocycles. The molecular formula is C16H17NO2. The smallest absolute Gasteiger partial charge is 0.124 e. The lowest BCUT2D eigenvalue weighted by Gasteiger charge is -2.11. The molecule has 2 rings (SSSR count). The summed E-state index contributed by atoms with van der Waals surface area (Å²) in [6.45, 7) is 4.80. The summed E-state index contributed by atoms with van der Waals surface area (Å²) in [5.74, 6) is 1.12. The van der Waals surface area contributed by atoms with Gasteiger partial charge in [0.25, 0.3) is 0 Å². The molecule has 0 aliphatic heterocycles. The van der Waals surface area contributed by atoms with Crippen LogP contribution in [-0.4, -0.2) is 11.7 Å². The number of anilines is 1. The Labute approximate surface area is 113 Å². The number of ether oxygens (including phenoxy) is 1. The average molecular weight is 255 g/mol. The fourth-order valence-electron chi connectivity index (χ4n) is 1.72. The van der Waals surface area contributed by atoms with Crippen LogP contribution in [0.4, 0.5) is 5.69 Å². The molecule has 2 aromatic carbocycles. The van der Waals surface area contributed by atoms with Gasteiger partial charge >= 0.3 is 0 Å². The number of rotatable bonds is 6. The van der Waals surface area contributed by atoms with Gasteiger partial charge in [0.15, 0.2) is 0 Å². The summed E-state index contributed by atoms with van der Waals surface area (Å²) in [6.07, 6.45) is 1.73. The van der Waals surface area contributed by atoms with Crippen LogP contribution in [-0.2, 0) is 6.54 Å². The maximum absolute atomic E-state index is 9.23. The highest BCUT2D eigenvalue weighted by atomic mass is 16.5. The number of aromatic hydroxyl groups is 1. The van der Waals surface area contributed by atoms with E-state index in [1.165, 1.54) is 0 Å². The van der Waals surface area contributed by atoms with Crippen molar-refractivity contribution in [2.24, 2.45) is 0 Å². The van der Waals surface area contributed by atoms with Crippen LogP contribution in [0.1, 0.15) is 5.56 Å². The number of hydrogen-bond acceptors (Lipinski definition) is 3. The van der Waals surface area contributed by atoms with Crippen LogP contribution in [0.5, 0.6) is 11.5 Å². The van der Waals surface area contributed by atoms with Gasteiger partial charge in [0, 0.05) is 17.8 Å². The van der Waals surface area contributed by atoms with Crippen molar-refractivity contribution >= 4 is 5.69 Å². The molecule has 0 atom stereocenters. The van der Waals surface area contributed by atoms with Crippen LogP contribution in [0.15, 0.2) is 61.2 Å². The van der Waals surface area contributed by atoms with Crippen molar-refractivity contribution in [2.75, 3.05) is 11.9 Å². The summed E-state index contributed by atoms with van der Waals surface area (Å²) < 4.78 is 5.60. The quantitative estimate of drug-likeness (QED) is 0.612. The van der Waals surface area contributed by atoms with Gasteiger partial charge in [-0.25, -0.2) is 0 Å². The van der Waals surface area contributed by atoms with Crippen molar-refractivity contribution in [2.45, 2.75) is 6.54 Å². The number of hydrogen-bond donors (Lipinski definition) is 2. The number of benzene rings is 2. The van der Waals surface area contributed by atoms with Crippen molar-refractivity contribution < 1.29 is 9.84 Å². The first-order chi connectivity index (χ1) is 9.29. The van der Waals surface area contributed by atoms with Crippen molar-refractivity contribution in [3.8, 4) is 11.5 Å². The SMILES string of the molecule is C=CCOc1ccccc1CNc1ccc(O)cc1. The first-order valence-corrected chi connectivity index (χ1v) is 6.14. The third-order valence-electron chi connectivity index (χ3n) is 2.68. The zero-order chi connectivity index (χ0) is 13.5. The van der Waals surface area contributed by atoms with Gasteiger partial charge in [-0.3, -0.25) is 0 Å². The minimum absolute atomic E-state index is 0.264. The van der Waals surface area contributed by atoms with Crippen LogP contribution in [0, 0.1) is 0 Å². The van der Waals surface area contributed by atoms with E-state index in [0.717, 1.165) is 17.0 Å². The van der Waals surface area contributed by atoms with Gasteiger partial charge in [0.05, 0.1) is 0 Å². The topological polar surface area (TPSA) is 41.5 Å². The summed E-state index contributed by atoms with van der Waals surface area (Å²) in [4.78, 5) is 0. The molecule has 19 heavy (non-hydrogen) atoms. The van der Waals surface area contributed by atoms with E-state index in [0.29, 0.717) is 13.2 Å². The maximum atomic E-state index is 9.23. The van der Waals surface area contributed by atoms with E-state index in [-0.39, 0.29) is 5.75 Å². The molecule has 0 amide bonds. The number of para-hydroxylation sites is 1. The Morgan fingerprint density at radius 2 is 1.84 bits per heavy atom. The summed E-state index contributed by atoms with van der Waals surface area (Å²) in [6, 6.07) is 14.9. The Hall–Kier alpha value is -2.42. The van der Waals surface area contributed by atoms with Gasteiger partial charge in [-0.1, -0.05) is 30.9 Å². The second-order valence-corrected chi connectivity index (χ2v) is 4.11. The number of phenols is 1. The highest BCUT2D eigenvalue weighted by Gasteiger charge is 2.02. The van der Waals surface area contributed by atoms with E-state index < -0.39 is 0 Å². The van der Waals surface area contributed by atoms with Gasteiger partial charge in [-0.2, -0.15) is 0 Å². The predicted octanol–water partition coefficient (Wildman–Crippen LogP) is 3.57.